The molecular formula is C111H92BrCl5N12O18. The van der Waals surface area contributed by atoms with Gasteiger partial charge in [0.05, 0.1) is 35.0 Å². The van der Waals surface area contributed by atoms with Crippen LogP contribution in [0.25, 0.3) is 0 Å². The summed E-state index contributed by atoms with van der Waals surface area (Å²) in [6, 6.07) is 98.1. The van der Waals surface area contributed by atoms with Gasteiger partial charge in [0.25, 0.3) is 70.9 Å². The molecule has 4 N–H and O–H groups in total. The number of hydrogen-bond donors (Lipinski definition) is 4. The number of nitrogens with zero attached hydrogens (tertiary/aromatic N) is 8. The lowest BCUT2D eigenvalue weighted by Crippen LogP contribution is -2.71. The highest BCUT2D eigenvalue weighted by Crippen LogP contribution is 2.46. The van der Waals surface area contributed by atoms with Crippen molar-refractivity contribution in [1.29, 1.82) is 0 Å². The number of urea groups is 6. The maximum absolute atomic E-state index is 13.5. The molecule has 4 atom stereocenters. The summed E-state index contributed by atoms with van der Waals surface area (Å²) in [5.74, 6) is -8.75. The third kappa shape index (κ3) is 21.7. The van der Waals surface area contributed by atoms with Crippen LogP contribution in [0.15, 0.2) is 364 Å². The largest absolute Gasteiger partial charge is 0.342 e. The molecule has 12 aromatic carbocycles. The van der Waals surface area contributed by atoms with Crippen molar-refractivity contribution < 1.29 is 86.3 Å². The summed E-state index contributed by atoms with van der Waals surface area (Å²) in [5.41, 5.74) is 5.51. The molecule has 0 spiro atoms. The van der Waals surface area contributed by atoms with E-state index in [0.29, 0.717) is 50.7 Å². The normalized spacial score (nSPS) is 21.0. The molecule has 30 nitrogen and oxygen atoms in total. The number of anilines is 5. The molecule has 0 radical (unpaired) electrons. The smallest absolute Gasteiger partial charge is 0.275 e. The van der Waals surface area contributed by atoms with Crippen LogP contribution in [0.5, 0.6) is 0 Å². The molecule has 8 fully saturated rings. The maximum atomic E-state index is 13.5. The molecule has 6 heterocycles. The maximum Gasteiger partial charge on any atom is 0.342 e. The number of amides is 24. The predicted molar refractivity (Wildman–Crippen MR) is 555 cm³/mol. The molecule has 0 aromatic heterocycles. The molecule has 2 aliphatic carbocycles. The fraction of sp³-hybridized carbons (Fsp3) is 0.189. The van der Waals surface area contributed by atoms with Crippen molar-refractivity contribution in [3.63, 3.8) is 0 Å². The van der Waals surface area contributed by atoms with Crippen LogP contribution in [-0.2, 0) is 95.9 Å². The van der Waals surface area contributed by atoms with E-state index in [-0.39, 0.29) is 31.5 Å². The Morgan fingerprint density at radius 1 is 0.238 bits per heavy atom. The second-order valence-corrected chi connectivity index (χ2v) is 39.0. The van der Waals surface area contributed by atoms with E-state index in [0.717, 1.165) is 110 Å². The number of nitrogens with one attached hydrogen (secondary N) is 4. The van der Waals surface area contributed by atoms with Crippen molar-refractivity contribution in [2.45, 2.75) is 124 Å². The van der Waals surface area contributed by atoms with Gasteiger partial charge >= 0.3 is 36.2 Å². The van der Waals surface area contributed by atoms with Crippen LogP contribution in [0.4, 0.5) is 57.2 Å². The third-order valence-electron chi connectivity index (χ3n) is 25.4. The van der Waals surface area contributed by atoms with Crippen LogP contribution in [-0.4, -0.2) is 144 Å². The molecule has 36 heteroatoms. The van der Waals surface area contributed by atoms with Crippen LogP contribution in [0.1, 0.15) is 103 Å². The summed E-state index contributed by atoms with van der Waals surface area (Å²) in [5, 5.41) is 8.70. The highest BCUT2D eigenvalue weighted by Gasteiger charge is 2.63. The molecule has 0 bridgehead atoms. The summed E-state index contributed by atoms with van der Waals surface area (Å²) in [6.07, 6.45) is 9.49. The van der Waals surface area contributed by atoms with E-state index >= 15 is 0 Å². The zero-order chi connectivity index (χ0) is 105. The molecule has 746 valence electrons. The Morgan fingerprint density at radius 3 is 0.850 bits per heavy atom. The number of hydrogen-bond acceptors (Lipinski definition) is 18. The van der Waals surface area contributed by atoms with Gasteiger partial charge in [-0.05, 0) is 125 Å². The number of carbonyl (C=O) groups excluding carboxylic acids is 18. The Labute approximate surface area is 877 Å². The second kappa shape index (κ2) is 46.1. The second-order valence-electron chi connectivity index (χ2n) is 34.8. The Kier molecular flexibility index (Phi) is 33.1. The first kappa shape index (κ1) is 106. The van der Waals surface area contributed by atoms with Crippen LogP contribution in [0, 0.1) is 0 Å². The number of carbonyl (C=O) groups is 18. The third-order valence-corrected chi connectivity index (χ3v) is 29.1. The van der Waals surface area contributed by atoms with Gasteiger partial charge in [0, 0.05) is 24.9 Å². The van der Waals surface area contributed by atoms with Crippen LogP contribution < -0.4 is 45.8 Å². The Hall–Kier alpha value is -15.8. The average molecular weight is 2140 g/mol. The number of barbiturate groups is 6. The molecule has 20 rings (SSSR count). The number of para-hydroxylation sites is 5. The van der Waals surface area contributed by atoms with Crippen molar-refractivity contribution in [2.24, 2.45) is 0 Å². The van der Waals surface area contributed by atoms with Crippen LogP contribution in [0.2, 0.25) is 0 Å². The van der Waals surface area contributed by atoms with Gasteiger partial charge in [0.15, 0.2) is 0 Å². The minimum absolute atomic E-state index is 0.00330. The van der Waals surface area contributed by atoms with Crippen molar-refractivity contribution in [3.8, 4) is 0 Å². The Balaban J connectivity index is 0.000000133. The van der Waals surface area contributed by atoms with Gasteiger partial charge in [-0.1, -0.05) is 416 Å². The minimum Gasteiger partial charge on any atom is -0.275 e. The number of rotatable bonds is 17. The first-order valence-corrected chi connectivity index (χ1v) is 49.3. The molecule has 147 heavy (non-hydrogen) atoms. The summed E-state index contributed by atoms with van der Waals surface area (Å²) in [6.45, 7) is 0.0418. The monoisotopic (exact) mass is 2130 g/mol. The van der Waals surface area contributed by atoms with Crippen molar-refractivity contribution >= 4 is 209 Å². The molecule has 8 aliphatic rings. The zero-order valence-electron chi connectivity index (χ0n) is 78.2. The van der Waals surface area contributed by atoms with E-state index in [4.69, 9.17) is 58.0 Å². The van der Waals surface area contributed by atoms with E-state index < -0.39 is 136 Å². The standard InChI is InChI=1S/C23H29ClN2O3.C22H15ClN2O3.2C17H13ClN2O3.C16H11BrN2O3.C16H11ClN2O3/c24-23(16-17-10-4-1-5-11-17)20(27)25(18-12-6-2-7-13-18)22(29)26(21(23)28)19-14-8-3-9-15-19;23-22(16-10-4-1-5-11-16)19(26)24(17-12-6-2-7-13-17)21(28)25(20(22)27)18-14-8-3-9-15-18;18-17(13-9-5-2-6-10-13)14(21)19-16(23)20(15(17)22)11-12-7-3-1-4-8-12;18-17(11-12-7-3-1-4-8-12)14(21)19-16(23)20(15(17)22)13-9-5-2-6-10-13;2*17-16(11-7-3-1-4-8-11)13(20)18-15(22)19(14(16)21)12-9-5-2-6-10-12/h1,4-5,10-11,18-19H,2-3,6-9,12-16H2;1-15H;2*1-10H,11H2,(H,19,21,23);2*1-10H,(H,18,20,22). The van der Waals surface area contributed by atoms with E-state index in [2.05, 4.69) is 37.2 Å². The highest BCUT2D eigenvalue weighted by atomic mass is 79.9. The summed E-state index contributed by atoms with van der Waals surface area (Å²) in [7, 11) is 0. The SMILES string of the molecule is O=C1N(C2CCCCC2)C(=O)C(Cl)(Cc2ccccc2)C(=O)N1C1CCCCC1.O=C1N(c2ccccc2)C(=O)C(Cl)(c2ccccc2)C(=O)N1c1ccccc1.O=C1NC(=O)C(Br)(c2ccccc2)C(=O)N1c1ccccc1.O=C1NC(=O)C(Cl)(Cc2ccccc2)C(=O)N1c1ccccc1.O=C1NC(=O)C(Cl)(c2ccccc2)C(=O)N1Cc1ccccc1.O=C1NC(=O)C(Cl)(c2ccccc2)C(=O)N1c1ccccc1. The number of alkyl halides is 6. The quantitative estimate of drug-likeness (QED) is 0.0486. The van der Waals surface area contributed by atoms with Crippen LogP contribution in [0.3, 0.4) is 0 Å². The molecule has 4 unspecified atom stereocenters. The molecule has 24 amide bonds. The van der Waals surface area contributed by atoms with Crippen molar-refractivity contribution in [3.05, 3.63) is 403 Å². The fourth-order valence-electron chi connectivity index (χ4n) is 17.9. The van der Waals surface area contributed by atoms with Gasteiger partial charge in [0.1, 0.15) is 0 Å². The molecule has 12 aromatic rings. The first-order chi connectivity index (χ1) is 70.7. The van der Waals surface area contributed by atoms with Gasteiger partial charge < -0.3 is 0 Å². The Bertz CT molecular complexity index is 6750. The van der Waals surface area contributed by atoms with Crippen LogP contribution >= 0.6 is 73.9 Å². The predicted octanol–water partition coefficient (Wildman–Crippen LogP) is 18.8. The van der Waals surface area contributed by atoms with Crippen molar-refractivity contribution in [1.82, 2.24) is 36.0 Å². The zero-order valence-corrected chi connectivity index (χ0v) is 83.5. The topological polar surface area (TPSA) is 381 Å². The van der Waals surface area contributed by atoms with Gasteiger partial charge in [-0.15, -0.1) is 0 Å². The van der Waals surface area contributed by atoms with Gasteiger partial charge in [0.2, 0.25) is 28.7 Å². The summed E-state index contributed by atoms with van der Waals surface area (Å²) in [4.78, 5) is 228. The number of halogens is 6. The summed E-state index contributed by atoms with van der Waals surface area (Å²) >= 11 is 35.9. The highest BCUT2D eigenvalue weighted by molar-refractivity contribution is 9.10. The molecule has 2 saturated carbocycles. The van der Waals surface area contributed by atoms with Gasteiger partial charge in [-0.2, -0.15) is 0 Å². The van der Waals surface area contributed by atoms with E-state index in [1.807, 2.05) is 42.5 Å². The fourth-order valence-corrected chi connectivity index (χ4v) is 19.9. The molecule has 6 saturated heterocycles. The molecule has 6 aliphatic heterocycles. The molecular weight excluding hydrogens is 2050 g/mol. The van der Waals surface area contributed by atoms with E-state index in [1.165, 1.54) is 9.80 Å². The lowest BCUT2D eigenvalue weighted by Gasteiger charge is -2.47. The number of benzene rings is 12. The minimum atomic E-state index is -2.05. The van der Waals surface area contributed by atoms with E-state index in [1.54, 1.807) is 322 Å². The first-order valence-electron chi connectivity index (χ1n) is 46.7. The summed E-state index contributed by atoms with van der Waals surface area (Å²) < 4.78 is -1.63. The lowest BCUT2D eigenvalue weighted by atomic mass is 9.87. The average Bonchev–Trinajstić information content (AvgIpc) is 0.699. The van der Waals surface area contributed by atoms with Gasteiger partial charge in [-0.3, -0.25) is 93.5 Å². The van der Waals surface area contributed by atoms with E-state index in [9.17, 15) is 86.3 Å². The van der Waals surface area contributed by atoms with Crippen molar-refractivity contribution in [2.75, 3.05) is 24.5 Å². The lowest BCUT2D eigenvalue weighted by molar-refractivity contribution is -0.151. The Morgan fingerprint density at radius 2 is 0.497 bits per heavy atom. The van der Waals surface area contributed by atoms with Gasteiger partial charge in [-0.25, -0.2) is 53.3 Å². The number of imide groups is 12.